The number of benzene rings is 2. The van der Waals surface area contributed by atoms with Crippen LogP contribution >= 0.6 is 0 Å². The second-order valence-corrected chi connectivity index (χ2v) is 6.61. The topological polar surface area (TPSA) is 58.6 Å². The Morgan fingerprint density at radius 1 is 1.15 bits per heavy atom. The van der Waals surface area contributed by atoms with E-state index in [0.29, 0.717) is 5.69 Å². The number of hydrogen-bond acceptors (Lipinski definition) is 3. The lowest BCUT2D eigenvalue weighted by Gasteiger charge is -2.28. The van der Waals surface area contributed by atoms with E-state index in [0.717, 1.165) is 30.6 Å². The largest absolute Gasteiger partial charge is 0.497 e. The standard InChI is InChI=1S/C21H24N2O3/c1-23(14-20(24)22-16-10-12-17(26-2)13-11-16)21(25)19-9-5-7-15-6-3-4-8-18(15)19/h3-4,6,8,10-13,19H,5,7,9,14H2,1-2H3,(H,22,24). The predicted molar refractivity (Wildman–Crippen MR) is 101 cm³/mol. The summed E-state index contributed by atoms with van der Waals surface area (Å²) < 4.78 is 5.10. The van der Waals surface area contributed by atoms with Gasteiger partial charge >= 0.3 is 0 Å². The molecule has 5 heteroatoms. The number of rotatable bonds is 5. The van der Waals surface area contributed by atoms with Crippen molar-refractivity contribution < 1.29 is 14.3 Å². The van der Waals surface area contributed by atoms with Crippen molar-refractivity contribution in [1.29, 1.82) is 0 Å². The SMILES string of the molecule is COc1ccc(NC(=O)CN(C)C(=O)C2CCCc3ccccc32)cc1. The lowest BCUT2D eigenvalue weighted by molar-refractivity contribution is -0.134. The Balaban J connectivity index is 1.61. The molecule has 0 bridgehead atoms. The highest BCUT2D eigenvalue weighted by molar-refractivity contribution is 5.95. The van der Waals surface area contributed by atoms with Crippen LogP contribution in [0.5, 0.6) is 5.75 Å². The number of carbonyl (C=O) groups is 2. The zero-order chi connectivity index (χ0) is 18.5. The highest BCUT2D eigenvalue weighted by atomic mass is 16.5. The first-order valence-electron chi connectivity index (χ1n) is 8.85. The maximum atomic E-state index is 12.9. The molecule has 0 heterocycles. The van der Waals surface area contributed by atoms with Crippen molar-refractivity contribution in [3.8, 4) is 5.75 Å². The quantitative estimate of drug-likeness (QED) is 0.899. The van der Waals surface area contributed by atoms with E-state index in [-0.39, 0.29) is 24.3 Å². The molecule has 2 amide bonds. The molecule has 0 spiro atoms. The number of fused-ring (bicyclic) bond motifs is 1. The predicted octanol–water partition coefficient (Wildman–Crippen LogP) is 3.21. The van der Waals surface area contributed by atoms with Gasteiger partial charge in [0.05, 0.1) is 19.6 Å². The van der Waals surface area contributed by atoms with Crippen molar-refractivity contribution in [1.82, 2.24) is 4.90 Å². The second-order valence-electron chi connectivity index (χ2n) is 6.61. The lowest BCUT2D eigenvalue weighted by Crippen LogP contribution is -2.38. The zero-order valence-electron chi connectivity index (χ0n) is 15.2. The molecule has 1 aliphatic carbocycles. The van der Waals surface area contributed by atoms with E-state index in [4.69, 9.17) is 4.74 Å². The van der Waals surface area contributed by atoms with Gasteiger partial charge in [-0.2, -0.15) is 0 Å². The molecule has 2 aromatic carbocycles. The Hall–Kier alpha value is -2.82. The molecular weight excluding hydrogens is 328 g/mol. The summed E-state index contributed by atoms with van der Waals surface area (Å²) in [4.78, 5) is 26.7. The Labute approximate surface area is 154 Å². The monoisotopic (exact) mass is 352 g/mol. The van der Waals surface area contributed by atoms with Crippen LogP contribution in [0.15, 0.2) is 48.5 Å². The fourth-order valence-electron chi connectivity index (χ4n) is 3.44. The van der Waals surface area contributed by atoms with Crippen LogP contribution in [0.1, 0.15) is 29.9 Å². The van der Waals surface area contributed by atoms with E-state index >= 15 is 0 Å². The number of likely N-dealkylation sites (N-methyl/N-ethyl adjacent to an activating group) is 1. The second kappa shape index (κ2) is 8.04. The van der Waals surface area contributed by atoms with Crippen LogP contribution in [0.3, 0.4) is 0 Å². The Bertz CT molecular complexity index is 786. The van der Waals surface area contributed by atoms with Gasteiger partial charge in [-0.15, -0.1) is 0 Å². The van der Waals surface area contributed by atoms with E-state index in [1.54, 1.807) is 38.4 Å². The number of ether oxygens (including phenoxy) is 1. The van der Waals surface area contributed by atoms with Crippen LogP contribution in [-0.4, -0.2) is 37.4 Å². The molecule has 1 N–H and O–H groups in total. The molecule has 5 nitrogen and oxygen atoms in total. The lowest BCUT2D eigenvalue weighted by atomic mass is 9.82. The highest BCUT2D eigenvalue weighted by Crippen LogP contribution is 2.32. The van der Waals surface area contributed by atoms with Gasteiger partial charge in [0.2, 0.25) is 11.8 Å². The van der Waals surface area contributed by atoms with Crippen molar-refractivity contribution in [2.75, 3.05) is 26.0 Å². The maximum absolute atomic E-state index is 12.9. The van der Waals surface area contributed by atoms with Crippen LogP contribution in [0.4, 0.5) is 5.69 Å². The smallest absolute Gasteiger partial charge is 0.243 e. The summed E-state index contributed by atoms with van der Waals surface area (Å²) in [7, 11) is 3.28. The van der Waals surface area contributed by atoms with E-state index in [9.17, 15) is 9.59 Å². The molecule has 1 unspecified atom stereocenters. The molecular formula is C21H24N2O3. The van der Waals surface area contributed by atoms with E-state index in [1.807, 2.05) is 18.2 Å². The molecule has 136 valence electrons. The molecule has 1 aliphatic rings. The number of anilines is 1. The first kappa shape index (κ1) is 18.0. The van der Waals surface area contributed by atoms with Gasteiger partial charge in [0.1, 0.15) is 5.75 Å². The molecule has 0 saturated heterocycles. The number of nitrogens with zero attached hydrogens (tertiary/aromatic N) is 1. The molecule has 26 heavy (non-hydrogen) atoms. The molecule has 0 fully saturated rings. The third-order valence-electron chi connectivity index (χ3n) is 4.80. The van der Waals surface area contributed by atoms with Crippen molar-refractivity contribution in [3.05, 3.63) is 59.7 Å². The third-order valence-corrected chi connectivity index (χ3v) is 4.80. The van der Waals surface area contributed by atoms with Crippen LogP contribution in [0, 0.1) is 0 Å². The van der Waals surface area contributed by atoms with Crippen LogP contribution in [0.25, 0.3) is 0 Å². The van der Waals surface area contributed by atoms with Crippen LogP contribution in [-0.2, 0) is 16.0 Å². The average Bonchev–Trinajstić information content (AvgIpc) is 2.67. The van der Waals surface area contributed by atoms with Crippen LogP contribution in [0.2, 0.25) is 0 Å². The number of hydrogen-bond donors (Lipinski definition) is 1. The zero-order valence-corrected chi connectivity index (χ0v) is 15.2. The Morgan fingerprint density at radius 3 is 2.62 bits per heavy atom. The number of methoxy groups -OCH3 is 1. The molecule has 0 aliphatic heterocycles. The third kappa shape index (κ3) is 4.04. The molecule has 0 saturated carbocycles. The first-order chi connectivity index (χ1) is 12.6. The molecule has 0 radical (unpaired) electrons. The van der Waals surface area contributed by atoms with Crippen LogP contribution < -0.4 is 10.1 Å². The normalized spacial score (nSPS) is 15.7. The van der Waals surface area contributed by atoms with E-state index in [2.05, 4.69) is 11.4 Å². The van der Waals surface area contributed by atoms with Gasteiger partial charge in [0, 0.05) is 12.7 Å². The maximum Gasteiger partial charge on any atom is 0.243 e. The summed E-state index contributed by atoms with van der Waals surface area (Å²) in [5, 5.41) is 2.81. The van der Waals surface area contributed by atoms with Gasteiger partial charge < -0.3 is 15.0 Å². The van der Waals surface area contributed by atoms with Crippen molar-refractivity contribution >= 4 is 17.5 Å². The van der Waals surface area contributed by atoms with E-state index < -0.39 is 0 Å². The summed E-state index contributed by atoms with van der Waals surface area (Å²) in [6.45, 7) is 0.0313. The summed E-state index contributed by atoms with van der Waals surface area (Å²) in [5.74, 6) is 0.363. The van der Waals surface area contributed by atoms with E-state index in [1.165, 1.54) is 10.5 Å². The van der Waals surface area contributed by atoms with Crippen molar-refractivity contribution in [2.24, 2.45) is 0 Å². The van der Waals surface area contributed by atoms with Gasteiger partial charge in [0.25, 0.3) is 0 Å². The van der Waals surface area contributed by atoms with Gasteiger partial charge in [-0.25, -0.2) is 0 Å². The van der Waals surface area contributed by atoms with Gasteiger partial charge in [0.15, 0.2) is 0 Å². The molecule has 3 rings (SSSR count). The summed E-state index contributed by atoms with van der Waals surface area (Å²) in [5.41, 5.74) is 3.03. The first-order valence-corrected chi connectivity index (χ1v) is 8.85. The Kier molecular flexibility index (Phi) is 5.56. The van der Waals surface area contributed by atoms with Crippen molar-refractivity contribution in [3.63, 3.8) is 0 Å². The van der Waals surface area contributed by atoms with Crippen molar-refractivity contribution in [2.45, 2.75) is 25.2 Å². The number of amides is 2. The fourth-order valence-corrected chi connectivity index (χ4v) is 3.44. The minimum Gasteiger partial charge on any atom is -0.497 e. The fraction of sp³-hybridized carbons (Fsp3) is 0.333. The molecule has 1 atom stereocenters. The summed E-state index contributed by atoms with van der Waals surface area (Å²) in [6.07, 6.45) is 2.85. The van der Waals surface area contributed by atoms with Gasteiger partial charge in [-0.3, -0.25) is 9.59 Å². The summed E-state index contributed by atoms with van der Waals surface area (Å²) in [6, 6.07) is 15.2. The number of nitrogens with one attached hydrogen (secondary N) is 1. The van der Waals surface area contributed by atoms with Gasteiger partial charge in [-0.1, -0.05) is 24.3 Å². The van der Waals surface area contributed by atoms with Gasteiger partial charge in [-0.05, 0) is 54.7 Å². The minimum atomic E-state index is -0.213. The molecule has 2 aromatic rings. The average molecular weight is 352 g/mol. The number of aryl methyl sites for hydroxylation is 1. The summed E-state index contributed by atoms with van der Waals surface area (Å²) >= 11 is 0. The Morgan fingerprint density at radius 2 is 1.88 bits per heavy atom. The highest BCUT2D eigenvalue weighted by Gasteiger charge is 2.29. The minimum absolute atomic E-state index is 0.00188. The molecule has 0 aromatic heterocycles. The number of carbonyl (C=O) groups excluding carboxylic acids is 2.